The number of primary amides is 1. The highest BCUT2D eigenvalue weighted by molar-refractivity contribution is 6.32. The Balaban J connectivity index is 2.13. The van der Waals surface area contributed by atoms with Crippen LogP contribution >= 0.6 is 11.6 Å². The second-order valence-corrected chi connectivity index (χ2v) is 6.97. The zero-order chi connectivity index (χ0) is 25.2. The molecule has 3 N–H and O–H groups in total. The number of benzene rings is 2. The van der Waals surface area contributed by atoms with Gasteiger partial charge in [0.15, 0.2) is 5.82 Å². The van der Waals surface area contributed by atoms with Crippen LogP contribution in [0.15, 0.2) is 42.6 Å². The number of carbonyl (C=O) groups excluding carboxylic acids is 2. The Kier molecular flexibility index (Phi) is 6.91. The molecule has 0 saturated heterocycles. The number of nitrogens with one attached hydrogen (secondary N) is 1. The van der Waals surface area contributed by atoms with Gasteiger partial charge in [-0.1, -0.05) is 11.6 Å². The van der Waals surface area contributed by atoms with E-state index in [2.05, 4.69) is 15.0 Å². The van der Waals surface area contributed by atoms with Crippen molar-refractivity contribution in [3.05, 3.63) is 76.1 Å². The molecular weight excluding hydrogens is 489 g/mol. The highest BCUT2D eigenvalue weighted by Gasteiger charge is 2.41. The fourth-order valence-electron chi connectivity index (χ4n) is 2.81. The van der Waals surface area contributed by atoms with Crippen molar-refractivity contribution in [1.82, 2.24) is 4.98 Å². The number of carbonyl (C=O) groups is 2. The van der Waals surface area contributed by atoms with Crippen LogP contribution in [-0.2, 0) is 6.18 Å². The van der Waals surface area contributed by atoms with Crippen LogP contribution in [-0.4, -0.2) is 23.9 Å². The van der Waals surface area contributed by atoms with Crippen molar-refractivity contribution in [3.63, 3.8) is 0 Å². The summed E-state index contributed by atoms with van der Waals surface area (Å²) in [6.07, 6.45) is -4.25. The van der Waals surface area contributed by atoms with Crippen LogP contribution in [0.3, 0.4) is 0 Å². The third-order valence-electron chi connectivity index (χ3n) is 4.31. The van der Waals surface area contributed by atoms with Gasteiger partial charge in [0.1, 0.15) is 39.9 Å². The summed E-state index contributed by atoms with van der Waals surface area (Å²) in [4.78, 5) is 27.6. The quantitative estimate of drug-likeness (QED) is 0.453. The van der Waals surface area contributed by atoms with Gasteiger partial charge in [-0.25, -0.2) is 13.8 Å². The molecule has 0 unspecified atom stereocenters. The fourth-order valence-corrected chi connectivity index (χ4v) is 3.01. The SMILES string of the molecule is COc1cc(Oc2ccc(F)cc2Cl)c(C(=O)Nc2ccc(C(N)=O)nc2)c(F)c1C(F)(F)F. The highest BCUT2D eigenvalue weighted by atomic mass is 35.5. The first kappa shape index (κ1) is 24.7. The molecule has 1 aromatic heterocycles. The molecule has 0 bridgehead atoms. The average molecular weight is 502 g/mol. The standard InChI is InChI=1S/C21H13ClF5N3O4/c1-33-15-7-14(34-13-5-2-9(23)6-11(13)22)16(18(24)17(15)21(25,26)27)20(32)30-10-3-4-12(19(28)31)29-8-10/h2-8H,1H3,(H2,28,31)(H,30,32). The van der Waals surface area contributed by atoms with Gasteiger partial charge in [0, 0.05) is 6.07 Å². The maximum absolute atomic E-state index is 15.2. The predicted molar refractivity (Wildman–Crippen MR) is 110 cm³/mol. The van der Waals surface area contributed by atoms with Crippen LogP contribution < -0.4 is 20.5 Å². The number of ether oxygens (including phenoxy) is 2. The fraction of sp³-hybridized carbons (Fsp3) is 0.0952. The smallest absolute Gasteiger partial charge is 0.422 e. The van der Waals surface area contributed by atoms with E-state index in [0.29, 0.717) is 6.07 Å². The van der Waals surface area contributed by atoms with E-state index >= 15 is 4.39 Å². The maximum Gasteiger partial charge on any atom is 0.422 e. The molecule has 178 valence electrons. The lowest BCUT2D eigenvalue weighted by molar-refractivity contribution is -0.141. The Morgan fingerprint density at radius 3 is 2.29 bits per heavy atom. The van der Waals surface area contributed by atoms with Crippen LogP contribution in [0.2, 0.25) is 5.02 Å². The monoisotopic (exact) mass is 501 g/mol. The van der Waals surface area contributed by atoms with Gasteiger partial charge in [0.05, 0.1) is 24.0 Å². The topological polar surface area (TPSA) is 104 Å². The molecule has 0 aliphatic carbocycles. The zero-order valence-electron chi connectivity index (χ0n) is 17.0. The van der Waals surface area contributed by atoms with E-state index in [1.807, 2.05) is 0 Å². The Hall–Kier alpha value is -3.93. The molecule has 0 fully saturated rings. The van der Waals surface area contributed by atoms with Gasteiger partial charge in [-0.3, -0.25) is 9.59 Å². The van der Waals surface area contributed by atoms with Crippen molar-refractivity contribution in [2.45, 2.75) is 6.18 Å². The van der Waals surface area contributed by atoms with Gasteiger partial charge in [-0.2, -0.15) is 13.2 Å². The molecule has 3 rings (SSSR count). The van der Waals surface area contributed by atoms with E-state index in [1.165, 1.54) is 6.07 Å². The number of pyridine rings is 1. The van der Waals surface area contributed by atoms with E-state index in [-0.39, 0.29) is 22.2 Å². The lowest BCUT2D eigenvalue weighted by Crippen LogP contribution is -2.20. The lowest BCUT2D eigenvalue weighted by atomic mass is 10.1. The number of hydrogen-bond acceptors (Lipinski definition) is 5. The molecule has 2 aromatic carbocycles. The summed E-state index contributed by atoms with van der Waals surface area (Å²) >= 11 is 5.88. The number of alkyl halides is 3. The summed E-state index contributed by atoms with van der Waals surface area (Å²) < 4.78 is 79.2. The third kappa shape index (κ3) is 5.17. The number of nitrogens with two attached hydrogens (primary N) is 1. The molecule has 0 spiro atoms. The molecule has 34 heavy (non-hydrogen) atoms. The minimum absolute atomic E-state index is 0.0930. The van der Waals surface area contributed by atoms with Crippen molar-refractivity contribution in [2.75, 3.05) is 12.4 Å². The van der Waals surface area contributed by atoms with Crippen LogP contribution in [0.4, 0.5) is 27.6 Å². The summed E-state index contributed by atoms with van der Waals surface area (Å²) in [5, 5.41) is 1.86. The Morgan fingerprint density at radius 1 is 1.06 bits per heavy atom. The van der Waals surface area contributed by atoms with E-state index < -0.39 is 52.3 Å². The summed E-state index contributed by atoms with van der Waals surface area (Å²) in [7, 11) is 0.865. The summed E-state index contributed by atoms with van der Waals surface area (Å²) in [6.45, 7) is 0. The molecule has 13 heteroatoms. The van der Waals surface area contributed by atoms with E-state index in [1.54, 1.807) is 0 Å². The Labute approximate surface area is 193 Å². The van der Waals surface area contributed by atoms with E-state index in [4.69, 9.17) is 22.1 Å². The van der Waals surface area contributed by atoms with Gasteiger partial charge >= 0.3 is 6.18 Å². The molecule has 2 amide bonds. The molecule has 3 aromatic rings. The number of rotatable bonds is 6. The molecule has 0 atom stereocenters. The first-order valence-corrected chi connectivity index (χ1v) is 9.48. The average Bonchev–Trinajstić information content (AvgIpc) is 2.74. The van der Waals surface area contributed by atoms with Crippen molar-refractivity contribution in [3.8, 4) is 17.2 Å². The number of hydrogen-bond donors (Lipinski definition) is 2. The van der Waals surface area contributed by atoms with Crippen LogP contribution in [0, 0.1) is 11.6 Å². The summed E-state index contributed by atoms with van der Waals surface area (Å²) in [5.74, 6) is -6.88. The number of halogens is 6. The van der Waals surface area contributed by atoms with Gasteiger partial charge in [-0.05, 0) is 30.3 Å². The number of anilines is 1. The van der Waals surface area contributed by atoms with Crippen LogP contribution in [0.1, 0.15) is 26.4 Å². The van der Waals surface area contributed by atoms with Gasteiger partial charge in [0.2, 0.25) is 0 Å². The van der Waals surface area contributed by atoms with Gasteiger partial charge < -0.3 is 20.5 Å². The Morgan fingerprint density at radius 2 is 1.76 bits per heavy atom. The second-order valence-electron chi connectivity index (χ2n) is 6.57. The number of aromatic nitrogens is 1. The maximum atomic E-state index is 15.2. The minimum Gasteiger partial charge on any atom is -0.496 e. The van der Waals surface area contributed by atoms with Crippen molar-refractivity contribution in [1.29, 1.82) is 0 Å². The number of nitrogens with zero attached hydrogens (tertiary/aromatic N) is 1. The summed E-state index contributed by atoms with van der Waals surface area (Å²) in [5.41, 5.74) is 1.83. The van der Waals surface area contributed by atoms with Crippen LogP contribution in [0.5, 0.6) is 17.2 Å². The zero-order valence-corrected chi connectivity index (χ0v) is 17.7. The first-order chi connectivity index (χ1) is 15.9. The molecule has 1 heterocycles. The molecule has 0 saturated carbocycles. The molecule has 0 aliphatic heterocycles. The van der Waals surface area contributed by atoms with Gasteiger partial charge in [-0.15, -0.1) is 0 Å². The molecule has 7 nitrogen and oxygen atoms in total. The number of methoxy groups -OCH3 is 1. The Bertz CT molecular complexity index is 1270. The van der Waals surface area contributed by atoms with Crippen molar-refractivity contribution in [2.24, 2.45) is 5.73 Å². The minimum atomic E-state index is -5.23. The highest BCUT2D eigenvalue weighted by Crippen LogP contribution is 2.44. The molecule has 0 radical (unpaired) electrons. The predicted octanol–water partition coefficient (Wildman–Crippen LogP) is 5.18. The second kappa shape index (κ2) is 9.51. The third-order valence-corrected chi connectivity index (χ3v) is 4.61. The first-order valence-electron chi connectivity index (χ1n) is 9.10. The molecule has 0 aliphatic rings. The lowest BCUT2D eigenvalue weighted by Gasteiger charge is -2.19. The van der Waals surface area contributed by atoms with E-state index in [9.17, 15) is 27.2 Å². The van der Waals surface area contributed by atoms with Gasteiger partial charge in [0.25, 0.3) is 11.8 Å². The van der Waals surface area contributed by atoms with Crippen LogP contribution in [0.25, 0.3) is 0 Å². The normalized spacial score (nSPS) is 11.1. The largest absolute Gasteiger partial charge is 0.496 e. The summed E-state index contributed by atoms with van der Waals surface area (Å²) in [6, 6.07) is 5.78. The van der Waals surface area contributed by atoms with Crippen molar-refractivity contribution >= 4 is 29.1 Å². The number of amides is 2. The van der Waals surface area contributed by atoms with Crippen molar-refractivity contribution < 1.29 is 41.0 Å². The molecular formula is C21H13ClF5N3O4. The van der Waals surface area contributed by atoms with E-state index in [0.717, 1.165) is 37.6 Å².